The van der Waals surface area contributed by atoms with Crippen LogP contribution in [0.1, 0.15) is 0 Å². The third kappa shape index (κ3) is 1.62. The Bertz CT molecular complexity index is 745. The van der Waals surface area contributed by atoms with Gasteiger partial charge in [-0.1, -0.05) is 17.7 Å². The lowest BCUT2D eigenvalue weighted by molar-refractivity contribution is 1.00. The fraction of sp³-hybridized carbons (Fsp3) is 0. The molecule has 0 saturated heterocycles. The second-order valence-electron chi connectivity index (χ2n) is 3.62. The predicted molar refractivity (Wildman–Crippen MR) is 66.7 cm³/mol. The smallest absolute Gasteiger partial charge is 0.304 e. The van der Waals surface area contributed by atoms with Gasteiger partial charge in [0.2, 0.25) is 0 Å². The van der Waals surface area contributed by atoms with Crippen molar-refractivity contribution in [1.82, 2.24) is 14.5 Å². The zero-order valence-electron chi connectivity index (χ0n) is 8.72. The molecule has 1 aromatic carbocycles. The molecule has 0 fully saturated rings. The standard InChI is InChI=1S/C12H8ClN3O/c13-8-3-1-4-9(7-8)16-11-10(15-12(16)17)5-2-6-14-11/h1-7H,(H,15,17). The van der Waals surface area contributed by atoms with E-state index in [0.717, 1.165) is 0 Å². The van der Waals surface area contributed by atoms with Gasteiger partial charge in [-0.15, -0.1) is 0 Å². The van der Waals surface area contributed by atoms with Gasteiger partial charge in [0.1, 0.15) is 0 Å². The maximum absolute atomic E-state index is 11.9. The van der Waals surface area contributed by atoms with Crippen LogP contribution in [0, 0.1) is 0 Å². The Hall–Kier alpha value is -2.07. The van der Waals surface area contributed by atoms with E-state index in [1.54, 1.807) is 30.5 Å². The molecule has 2 heterocycles. The van der Waals surface area contributed by atoms with Gasteiger partial charge in [-0.3, -0.25) is 0 Å². The topological polar surface area (TPSA) is 50.7 Å². The number of nitrogens with zero attached hydrogens (tertiary/aromatic N) is 2. The van der Waals surface area contributed by atoms with E-state index in [-0.39, 0.29) is 5.69 Å². The Balaban J connectivity index is 2.37. The predicted octanol–water partition coefficient (Wildman–Crippen LogP) is 2.37. The van der Waals surface area contributed by atoms with E-state index in [4.69, 9.17) is 11.6 Å². The van der Waals surface area contributed by atoms with Crippen molar-refractivity contribution < 1.29 is 0 Å². The summed E-state index contributed by atoms with van der Waals surface area (Å²) in [7, 11) is 0. The number of rotatable bonds is 1. The van der Waals surface area contributed by atoms with Crippen LogP contribution in [0.5, 0.6) is 0 Å². The summed E-state index contributed by atoms with van der Waals surface area (Å²) in [6, 6.07) is 10.7. The molecule has 3 rings (SSSR count). The normalized spacial score (nSPS) is 10.9. The second kappa shape index (κ2) is 3.75. The number of nitrogens with one attached hydrogen (secondary N) is 1. The molecule has 0 aliphatic heterocycles. The molecular weight excluding hydrogens is 238 g/mol. The van der Waals surface area contributed by atoms with E-state index < -0.39 is 0 Å². The molecule has 0 atom stereocenters. The number of aromatic amines is 1. The fourth-order valence-corrected chi connectivity index (χ4v) is 1.98. The van der Waals surface area contributed by atoms with Crippen LogP contribution in [0.3, 0.4) is 0 Å². The van der Waals surface area contributed by atoms with Crippen LogP contribution in [0.15, 0.2) is 47.4 Å². The minimum Gasteiger partial charge on any atom is -0.304 e. The van der Waals surface area contributed by atoms with E-state index in [1.165, 1.54) is 4.57 Å². The maximum Gasteiger partial charge on any atom is 0.332 e. The summed E-state index contributed by atoms with van der Waals surface area (Å²) >= 11 is 5.92. The van der Waals surface area contributed by atoms with Crippen LogP contribution in [-0.2, 0) is 0 Å². The van der Waals surface area contributed by atoms with E-state index in [1.807, 2.05) is 12.1 Å². The number of imidazole rings is 1. The summed E-state index contributed by atoms with van der Waals surface area (Å²) in [5.41, 5.74) is 1.78. The second-order valence-corrected chi connectivity index (χ2v) is 4.06. The molecule has 4 nitrogen and oxygen atoms in total. The van der Waals surface area contributed by atoms with Crippen molar-refractivity contribution in [3.8, 4) is 5.69 Å². The highest BCUT2D eigenvalue weighted by Crippen LogP contribution is 2.16. The lowest BCUT2D eigenvalue weighted by Gasteiger charge is -2.02. The monoisotopic (exact) mass is 245 g/mol. The molecule has 2 aromatic heterocycles. The summed E-state index contributed by atoms with van der Waals surface area (Å²) in [6.45, 7) is 0. The van der Waals surface area contributed by atoms with Crippen molar-refractivity contribution >= 4 is 22.8 Å². The number of hydrogen-bond donors (Lipinski definition) is 1. The molecule has 1 N–H and O–H groups in total. The first kappa shape index (κ1) is 10.1. The molecule has 0 aliphatic carbocycles. The van der Waals surface area contributed by atoms with E-state index in [2.05, 4.69) is 9.97 Å². The Morgan fingerprint density at radius 2 is 2.12 bits per heavy atom. The molecule has 0 amide bonds. The molecule has 84 valence electrons. The van der Waals surface area contributed by atoms with Crippen LogP contribution in [0.2, 0.25) is 5.02 Å². The molecule has 0 unspecified atom stereocenters. The third-order valence-corrected chi connectivity index (χ3v) is 2.74. The Morgan fingerprint density at radius 1 is 1.24 bits per heavy atom. The first-order valence-electron chi connectivity index (χ1n) is 5.07. The SMILES string of the molecule is O=c1[nH]c2cccnc2n1-c1cccc(Cl)c1. The summed E-state index contributed by atoms with van der Waals surface area (Å²) < 4.78 is 1.50. The van der Waals surface area contributed by atoms with Crippen molar-refractivity contribution in [3.63, 3.8) is 0 Å². The van der Waals surface area contributed by atoms with Gasteiger partial charge in [0.25, 0.3) is 0 Å². The molecule has 0 radical (unpaired) electrons. The van der Waals surface area contributed by atoms with Crippen LogP contribution in [0.25, 0.3) is 16.9 Å². The molecule has 17 heavy (non-hydrogen) atoms. The maximum atomic E-state index is 11.9. The van der Waals surface area contributed by atoms with Crippen molar-refractivity contribution in [1.29, 1.82) is 0 Å². The zero-order chi connectivity index (χ0) is 11.8. The van der Waals surface area contributed by atoms with E-state index in [9.17, 15) is 4.79 Å². The number of aromatic nitrogens is 3. The number of halogens is 1. The van der Waals surface area contributed by atoms with E-state index >= 15 is 0 Å². The third-order valence-electron chi connectivity index (χ3n) is 2.51. The van der Waals surface area contributed by atoms with Gasteiger partial charge in [-0.05, 0) is 30.3 Å². The van der Waals surface area contributed by atoms with Crippen molar-refractivity contribution in [2.24, 2.45) is 0 Å². The number of hydrogen-bond acceptors (Lipinski definition) is 2. The van der Waals surface area contributed by atoms with E-state index in [0.29, 0.717) is 21.9 Å². The molecule has 0 spiro atoms. The van der Waals surface area contributed by atoms with Gasteiger partial charge in [-0.25, -0.2) is 14.3 Å². The molecule has 0 bridgehead atoms. The van der Waals surface area contributed by atoms with Gasteiger partial charge in [0.15, 0.2) is 5.65 Å². The largest absolute Gasteiger partial charge is 0.332 e. The van der Waals surface area contributed by atoms with Gasteiger partial charge < -0.3 is 4.98 Å². The van der Waals surface area contributed by atoms with Gasteiger partial charge in [-0.2, -0.15) is 0 Å². The fourth-order valence-electron chi connectivity index (χ4n) is 1.79. The summed E-state index contributed by atoms with van der Waals surface area (Å²) in [5.74, 6) is 0. The van der Waals surface area contributed by atoms with Crippen molar-refractivity contribution in [2.45, 2.75) is 0 Å². The summed E-state index contributed by atoms with van der Waals surface area (Å²) in [6.07, 6.45) is 1.65. The highest BCUT2D eigenvalue weighted by Gasteiger charge is 2.08. The highest BCUT2D eigenvalue weighted by atomic mass is 35.5. The number of H-pyrrole nitrogens is 1. The first-order chi connectivity index (χ1) is 8.25. The molecule has 0 aliphatic rings. The lowest BCUT2D eigenvalue weighted by atomic mass is 10.3. The quantitative estimate of drug-likeness (QED) is 0.716. The number of pyridine rings is 1. The van der Waals surface area contributed by atoms with Gasteiger partial charge >= 0.3 is 5.69 Å². The molecule has 0 saturated carbocycles. The molecule has 3 aromatic rings. The van der Waals surface area contributed by atoms with Crippen LogP contribution in [-0.4, -0.2) is 14.5 Å². The van der Waals surface area contributed by atoms with Crippen molar-refractivity contribution in [2.75, 3.05) is 0 Å². The van der Waals surface area contributed by atoms with Crippen LogP contribution < -0.4 is 5.69 Å². The molecule has 5 heteroatoms. The first-order valence-corrected chi connectivity index (χ1v) is 5.45. The van der Waals surface area contributed by atoms with Crippen LogP contribution >= 0.6 is 11.6 Å². The number of fused-ring (bicyclic) bond motifs is 1. The summed E-state index contributed by atoms with van der Waals surface area (Å²) in [4.78, 5) is 18.8. The number of benzene rings is 1. The van der Waals surface area contributed by atoms with Crippen molar-refractivity contribution in [3.05, 3.63) is 58.1 Å². The molecular formula is C12H8ClN3O. The van der Waals surface area contributed by atoms with Gasteiger partial charge in [0.05, 0.1) is 11.2 Å². The minimum atomic E-state index is -0.221. The highest BCUT2D eigenvalue weighted by molar-refractivity contribution is 6.30. The lowest BCUT2D eigenvalue weighted by Crippen LogP contribution is -2.14. The minimum absolute atomic E-state index is 0.221. The average Bonchev–Trinajstić information content (AvgIpc) is 2.64. The Kier molecular flexibility index (Phi) is 2.23. The summed E-state index contributed by atoms with van der Waals surface area (Å²) in [5, 5.41) is 0.583. The zero-order valence-corrected chi connectivity index (χ0v) is 9.48. The average molecular weight is 246 g/mol. The van der Waals surface area contributed by atoms with Crippen LogP contribution in [0.4, 0.5) is 0 Å². The van der Waals surface area contributed by atoms with Gasteiger partial charge in [0, 0.05) is 11.2 Å². The Labute approximate surface area is 101 Å². The Morgan fingerprint density at radius 3 is 2.94 bits per heavy atom.